The number of carbonyl (C=O) groups excluding carboxylic acids is 2. The highest BCUT2D eigenvalue weighted by atomic mass is 32.2. The lowest BCUT2D eigenvalue weighted by molar-refractivity contribution is -0.139. The van der Waals surface area contributed by atoms with Gasteiger partial charge in [-0.25, -0.2) is 8.42 Å². The van der Waals surface area contributed by atoms with Crippen molar-refractivity contribution in [3.8, 4) is 0 Å². The molecule has 0 unspecified atom stereocenters. The van der Waals surface area contributed by atoms with E-state index in [1.54, 1.807) is 37.3 Å². The van der Waals surface area contributed by atoms with Crippen LogP contribution in [-0.4, -0.2) is 44.3 Å². The van der Waals surface area contributed by atoms with Crippen LogP contribution in [-0.2, 0) is 26.2 Å². The van der Waals surface area contributed by atoms with Crippen molar-refractivity contribution in [3.63, 3.8) is 0 Å². The third-order valence-corrected chi connectivity index (χ3v) is 8.77. The van der Waals surface area contributed by atoms with Crippen LogP contribution in [0.2, 0.25) is 0 Å². The quantitative estimate of drug-likeness (QED) is 0.297. The maximum Gasteiger partial charge on any atom is 0.264 e. The molecule has 3 aromatic rings. The number of hydrogen-bond acceptors (Lipinski definition) is 4. The van der Waals surface area contributed by atoms with Crippen LogP contribution in [0.1, 0.15) is 54.5 Å². The first-order valence-electron chi connectivity index (χ1n) is 13.7. The van der Waals surface area contributed by atoms with Crippen LogP contribution < -0.4 is 9.62 Å². The Morgan fingerprint density at radius 1 is 0.850 bits per heavy atom. The van der Waals surface area contributed by atoms with E-state index in [4.69, 9.17) is 0 Å². The van der Waals surface area contributed by atoms with Gasteiger partial charge < -0.3 is 10.2 Å². The molecule has 0 aromatic heterocycles. The molecule has 2 amide bonds. The molecule has 8 heteroatoms. The van der Waals surface area contributed by atoms with Crippen LogP contribution in [0.3, 0.4) is 0 Å². The Morgan fingerprint density at radius 2 is 1.43 bits per heavy atom. The molecule has 1 N–H and O–H groups in total. The number of sulfonamides is 1. The summed E-state index contributed by atoms with van der Waals surface area (Å²) >= 11 is 0. The van der Waals surface area contributed by atoms with E-state index in [1.165, 1.54) is 9.21 Å². The minimum Gasteiger partial charge on any atom is -0.354 e. The summed E-state index contributed by atoms with van der Waals surface area (Å²) < 4.78 is 29.2. The molecule has 214 valence electrons. The summed E-state index contributed by atoms with van der Waals surface area (Å²) in [5.41, 5.74) is 4.90. The van der Waals surface area contributed by atoms with Crippen LogP contribution in [0.4, 0.5) is 5.69 Å². The number of carbonyl (C=O) groups is 2. The summed E-state index contributed by atoms with van der Waals surface area (Å²) in [7, 11) is -4.10. The van der Waals surface area contributed by atoms with E-state index in [9.17, 15) is 18.0 Å². The van der Waals surface area contributed by atoms with Crippen LogP contribution in [0.5, 0.6) is 0 Å². The molecule has 0 bridgehead atoms. The van der Waals surface area contributed by atoms with E-state index in [2.05, 4.69) is 5.32 Å². The van der Waals surface area contributed by atoms with Gasteiger partial charge in [0.15, 0.2) is 0 Å². The van der Waals surface area contributed by atoms with E-state index in [0.29, 0.717) is 12.2 Å². The van der Waals surface area contributed by atoms with Crippen molar-refractivity contribution in [3.05, 3.63) is 94.5 Å². The first kappa shape index (κ1) is 30.9. The Labute approximate surface area is 239 Å². The Balaban J connectivity index is 2.04. The van der Waals surface area contributed by atoms with Gasteiger partial charge in [0, 0.05) is 13.1 Å². The van der Waals surface area contributed by atoms with E-state index < -0.39 is 28.5 Å². The lowest BCUT2D eigenvalue weighted by Crippen LogP contribution is -2.51. The molecule has 0 fully saturated rings. The van der Waals surface area contributed by atoms with Crippen molar-refractivity contribution < 1.29 is 18.0 Å². The zero-order chi connectivity index (χ0) is 29.4. The number of hydrogen-bond donors (Lipinski definition) is 1. The summed E-state index contributed by atoms with van der Waals surface area (Å²) in [4.78, 5) is 28.7. The van der Waals surface area contributed by atoms with Crippen LogP contribution in [0.25, 0.3) is 0 Å². The standard InChI is InChI=1S/C32H41N3O4S/c1-7-8-19-33-32(37)27(6)34(21-28-15-10-23(2)11-16-28)31(36)22-35(30-20-25(4)9-14-26(30)5)40(38,39)29-17-12-24(3)13-18-29/h9-18,20,27H,7-8,19,21-22H2,1-6H3,(H,33,37)/t27-/m0/s1. The third kappa shape index (κ3) is 7.72. The molecule has 0 spiro atoms. The number of nitrogens with one attached hydrogen (secondary N) is 1. The van der Waals surface area contributed by atoms with Gasteiger partial charge in [-0.15, -0.1) is 0 Å². The predicted molar refractivity (Wildman–Crippen MR) is 161 cm³/mol. The van der Waals surface area contributed by atoms with Gasteiger partial charge in [0.05, 0.1) is 10.6 Å². The summed E-state index contributed by atoms with van der Waals surface area (Å²) in [5, 5.41) is 2.91. The highest BCUT2D eigenvalue weighted by Gasteiger charge is 2.33. The van der Waals surface area contributed by atoms with E-state index in [-0.39, 0.29) is 17.3 Å². The number of benzene rings is 3. The molecule has 0 aliphatic heterocycles. The molecule has 3 rings (SSSR count). The molecule has 0 radical (unpaired) electrons. The van der Waals surface area contributed by atoms with E-state index >= 15 is 0 Å². The monoisotopic (exact) mass is 563 g/mol. The van der Waals surface area contributed by atoms with Gasteiger partial charge in [-0.05, 0) is 75.9 Å². The maximum absolute atomic E-state index is 14.0. The van der Waals surface area contributed by atoms with Crippen molar-refractivity contribution in [2.75, 3.05) is 17.4 Å². The van der Waals surface area contributed by atoms with Crippen molar-refractivity contribution in [2.45, 2.75) is 71.9 Å². The smallest absolute Gasteiger partial charge is 0.264 e. The number of unbranched alkanes of at least 4 members (excludes halogenated alkanes) is 1. The zero-order valence-corrected chi connectivity index (χ0v) is 25.2. The number of anilines is 1. The molecule has 0 aliphatic carbocycles. The molecule has 3 aromatic carbocycles. The highest BCUT2D eigenvalue weighted by Crippen LogP contribution is 2.28. The maximum atomic E-state index is 14.0. The van der Waals surface area contributed by atoms with Crippen molar-refractivity contribution in [1.29, 1.82) is 0 Å². The average Bonchev–Trinajstić information content (AvgIpc) is 2.92. The lowest BCUT2D eigenvalue weighted by Gasteiger charge is -2.32. The van der Waals surface area contributed by atoms with E-state index in [0.717, 1.165) is 40.7 Å². The number of rotatable bonds is 12. The minimum atomic E-state index is -4.10. The fourth-order valence-corrected chi connectivity index (χ4v) is 5.82. The van der Waals surface area contributed by atoms with Gasteiger partial charge in [0.25, 0.3) is 10.0 Å². The second-order valence-corrected chi connectivity index (χ2v) is 12.3. The largest absolute Gasteiger partial charge is 0.354 e. The Kier molecular flexibility index (Phi) is 10.5. The summed E-state index contributed by atoms with van der Waals surface area (Å²) in [5.74, 6) is -0.733. The Bertz CT molecular complexity index is 1420. The number of nitrogens with zero attached hydrogens (tertiary/aromatic N) is 2. The predicted octanol–water partition coefficient (Wildman–Crippen LogP) is 5.45. The van der Waals surface area contributed by atoms with Gasteiger partial charge >= 0.3 is 0 Å². The summed E-state index contributed by atoms with van der Waals surface area (Å²) in [6, 6.07) is 19.1. The first-order valence-corrected chi connectivity index (χ1v) is 15.2. The molecular formula is C32H41N3O4S. The molecule has 0 aliphatic rings. The normalized spacial score (nSPS) is 12.1. The van der Waals surface area contributed by atoms with Gasteiger partial charge in [0.1, 0.15) is 12.6 Å². The van der Waals surface area contributed by atoms with Crippen molar-refractivity contribution in [1.82, 2.24) is 10.2 Å². The lowest BCUT2D eigenvalue weighted by atomic mass is 10.1. The van der Waals surface area contributed by atoms with Crippen LogP contribution >= 0.6 is 0 Å². The van der Waals surface area contributed by atoms with Gasteiger partial charge in [-0.3, -0.25) is 13.9 Å². The highest BCUT2D eigenvalue weighted by molar-refractivity contribution is 7.92. The zero-order valence-electron chi connectivity index (χ0n) is 24.4. The van der Waals surface area contributed by atoms with Crippen LogP contribution in [0, 0.1) is 27.7 Å². The average molecular weight is 564 g/mol. The molecular weight excluding hydrogens is 522 g/mol. The van der Waals surface area contributed by atoms with Crippen molar-refractivity contribution in [2.24, 2.45) is 0 Å². The third-order valence-electron chi connectivity index (χ3n) is 6.99. The molecule has 0 heterocycles. The fourth-order valence-electron chi connectivity index (χ4n) is 4.35. The summed E-state index contributed by atoms with van der Waals surface area (Å²) in [6.45, 7) is 11.5. The second-order valence-electron chi connectivity index (χ2n) is 10.4. The molecule has 0 saturated carbocycles. The second kappa shape index (κ2) is 13.6. The number of aryl methyl sites for hydroxylation is 4. The Morgan fingerprint density at radius 3 is 2.02 bits per heavy atom. The molecule has 1 atom stereocenters. The van der Waals surface area contributed by atoms with Crippen molar-refractivity contribution >= 4 is 27.5 Å². The first-order chi connectivity index (χ1) is 18.9. The van der Waals surface area contributed by atoms with Crippen LogP contribution in [0.15, 0.2) is 71.6 Å². The molecule has 0 saturated heterocycles. The van der Waals surface area contributed by atoms with Gasteiger partial charge in [0.2, 0.25) is 11.8 Å². The minimum absolute atomic E-state index is 0.0993. The summed E-state index contributed by atoms with van der Waals surface area (Å²) in [6.07, 6.45) is 1.77. The van der Waals surface area contributed by atoms with E-state index in [1.807, 2.05) is 71.0 Å². The van der Waals surface area contributed by atoms with Gasteiger partial charge in [-0.2, -0.15) is 0 Å². The Hall–Kier alpha value is -3.65. The van der Waals surface area contributed by atoms with Gasteiger partial charge in [-0.1, -0.05) is 73.0 Å². The topological polar surface area (TPSA) is 86.8 Å². The number of amides is 2. The molecule has 7 nitrogen and oxygen atoms in total. The fraction of sp³-hybridized carbons (Fsp3) is 0.375. The molecule has 40 heavy (non-hydrogen) atoms. The SMILES string of the molecule is CCCCNC(=O)[C@H](C)N(Cc1ccc(C)cc1)C(=O)CN(c1cc(C)ccc1C)S(=O)(=O)c1ccc(C)cc1.